The summed E-state index contributed by atoms with van der Waals surface area (Å²) in [5.41, 5.74) is 9.98. The van der Waals surface area contributed by atoms with E-state index in [1.165, 1.54) is 0 Å². The number of amides is 2. The van der Waals surface area contributed by atoms with E-state index in [2.05, 4.69) is 15.5 Å². The van der Waals surface area contributed by atoms with Crippen LogP contribution in [-0.2, 0) is 11.3 Å². The van der Waals surface area contributed by atoms with Gasteiger partial charge in [-0.15, -0.1) is 11.3 Å². The zero-order valence-corrected chi connectivity index (χ0v) is 18.2. The minimum absolute atomic E-state index is 0.0174. The third-order valence-corrected chi connectivity index (χ3v) is 6.33. The van der Waals surface area contributed by atoms with Crippen molar-refractivity contribution in [1.82, 2.24) is 10.2 Å². The van der Waals surface area contributed by atoms with Crippen LogP contribution in [0.3, 0.4) is 0 Å². The van der Waals surface area contributed by atoms with E-state index in [0.29, 0.717) is 16.9 Å². The summed E-state index contributed by atoms with van der Waals surface area (Å²) in [6.07, 6.45) is 0.964. The minimum Gasteiger partial charge on any atom is -0.397 e. The molecule has 7 heteroatoms. The Balaban J connectivity index is 1.38. The largest absolute Gasteiger partial charge is 0.397 e. The predicted octanol–water partition coefficient (Wildman–Crippen LogP) is 3.96. The molecule has 1 aliphatic heterocycles. The number of rotatable bonds is 6. The first kappa shape index (κ1) is 21.1. The normalized spacial score (nSPS) is 16.2. The van der Waals surface area contributed by atoms with Crippen molar-refractivity contribution in [2.75, 3.05) is 24.1 Å². The highest BCUT2D eigenvalue weighted by Gasteiger charge is 2.22. The zero-order valence-electron chi connectivity index (χ0n) is 17.4. The molecule has 1 saturated heterocycles. The van der Waals surface area contributed by atoms with Crippen LogP contribution >= 0.6 is 11.3 Å². The Labute approximate surface area is 186 Å². The van der Waals surface area contributed by atoms with Gasteiger partial charge in [0.05, 0.1) is 11.4 Å². The Morgan fingerprint density at radius 3 is 2.68 bits per heavy atom. The van der Waals surface area contributed by atoms with E-state index in [4.69, 9.17) is 5.73 Å². The Morgan fingerprint density at radius 1 is 1.16 bits per heavy atom. The second kappa shape index (κ2) is 9.32. The van der Waals surface area contributed by atoms with E-state index in [1.807, 2.05) is 60.0 Å². The first-order valence-electron chi connectivity index (χ1n) is 10.3. The number of nitrogen functional groups attached to an aromatic ring is 1. The number of hydrogen-bond donors (Lipinski definition) is 3. The van der Waals surface area contributed by atoms with Crippen LogP contribution < -0.4 is 16.4 Å². The molecule has 1 aliphatic rings. The molecule has 0 spiro atoms. The number of benzene rings is 2. The molecule has 0 radical (unpaired) electrons. The maximum atomic E-state index is 12.8. The average Bonchev–Trinajstić information content (AvgIpc) is 3.42. The van der Waals surface area contributed by atoms with Crippen molar-refractivity contribution >= 4 is 34.5 Å². The van der Waals surface area contributed by atoms with Gasteiger partial charge in [0.15, 0.2) is 0 Å². The summed E-state index contributed by atoms with van der Waals surface area (Å²) in [5, 5.41) is 7.94. The number of anilines is 2. The molecule has 3 aromatic rings. The Kier molecular flexibility index (Phi) is 6.34. The average molecular weight is 435 g/mol. The second-order valence-corrected chi connectivity index (χ2v) is 8.80. The predicted molar refractivity (Wildman–Crippen MR) is 126 cm³/mol. The number of nitrogens with zero attached hydrogens (tertiary/aromatic N) is 1. The van der Waals surface area contributed by atoms with Gasteiger partial charge in [0.1, 0.15) is 0 Å². The van der Waals surface area contributed by atoms with E-state index < -0.39 is 0 Å². The number of nitrogens with one attached hydrogen (secondary N) is 2. The van der Waals surface area contributed by atoms with Crippen molar-refractivity contribution in [1.29, 1.82) is 0 Å². The fraction of sp³-hybridized carbons (Fsp3) is 0.250. The fourth-order valence-corrected chi connectivity index (χ4v) is 4.58. The highest BCUT2D eigenvalue weighted by atomic mass is 32.1. The third kappa shape index (κ3) is 5.31. The summed E-state index contributed by atoms with van der Waals surface area (Å²) in [5.74, 6) is -0.169. The lowest BCUT2D eigenvalue weighted by molar-refractivity contribution is -0.119. The monoisotopic (exact) mass is 434 g/mol. The Morgan fingerprint density at radius 2 is 1.97 bits per heavy atom. The van der Waals surface area contributed by atoms with Gasteiger partial charge >= 0.3 is 0 Å². The minimum atomic E-state index is -0.187. The van der Waals surface area contributed by atoms with Crippen molar-refractivity contribution in [3.05, 3.63) is 71.1 Å². The first-order valence-corrected chi connectivity index (χ1v) is 11.2. The standard InChI is InChI=1S/C24H26N4O2S/c1-16(29)26-20-10-11-28(15-20)14-17-4-6-18(7-5-17)24(30)27-22-13-19(8-9-21(22)25)23-3-2-12-31-23/h2-9,12-13,20H,10-11,14-15,25H2,1H3,(H,26,29)(H,27,30). The topological polar surface area (TPSA) is 87.5 Å². The molecule has 1 atom stereocenters. The number of thiophene rings is 1. The number of nitrogens with two attached hydrogens (primary N) is 1. The number of hydrogen-bond acceptors (Lipinski definition) is 5. The van der Waals surface area contributed by atoms with Crippen LogP contribution in [0, 0.1) is 0 Å². The van der Waals surface area contributed by atoms with Crippen molar-refractivity contribution < 1.29 is 9.59 Å². The van der Waals surface area contributed by atoms with E-state index >= 15 is 0 Å². The van der Waals surface area contributed by atoms with Crippen LogP contribution in [0.25, 0.3) is 10.4 Å². The molecule has 0 aliphatic carbocycles. The lowest BCUT2D eigenvalue weighted by atomic mass is 10.1. The Bertz CT molecular complexity index is 1060. The van der Waals surface area contributed by atoms with Crippen LogP contribution in [0.4, 0.5) is 11.4 Å². The maximum absolute atomic E-state index is 12.8. The van der Waals surface area contributed by atoms with E-state index in [0.717, 1.165) is 42.1 Å². The molecule has 4 rings (SSSR count). The van der Waals surface area contributed by atoms with Gasteiger partial charge in [0, 0.05) is 43.0 Å². The molecule has 4 N–H and O–H groups in total. The third-order valence-electron chi connectivity index (χ3n) is 5.41. The smallest absolute Gasteiger partial charge is 0.255 e. The molecule has 0 saturated carbocycles. The van der Waals surface area contributed by atoms with Gasteiger partial charge in [-0.25, -0.2) is 0 Å². The van der Waals surface area contributed by atoms with Gasteiger partial charge in [0.2, 0.25) is 5.91 Å². The molecule has 1 fully saturated rings. The van der Waals surface area contributed by atoms with Crippen LogP contribution in [0.1, 0.15) is 29.3 Å². The van der Waals surface area contributed by atoms with Crippen LogP contribution in [-0.4, -0.2) is 35.8 Å². The lowest BCUT2D eigenvalue weighted by Gasteiger charge is -2.16. The SMILES string of the molecule is CC(=O)NC1CCN(Cc2ccc(C(=O)Nc3cc(-c4cccs4)ccc3N)cc2)C1. The summed E-state index contributed by atoms with van der Waals surface area (Å²) in [6, 6.07) is 17.6. The van der Waals surface area contributed by atoms with Gasteiger partial charge in [-0.1, -0.05) is 24.3 Å². The molecule has 1 unspecified atom stereocenters. The molecule has 6 nitrogen and oxygen atoms in total. The van der Waals surface area contributed by atoms with E-state index in [1.54, 1.807) is 18.3 Å². The summed E-state index contributed by atoms with van der Waals surface area (Å²) in [4.78, 5) is 27.4. The van der Waals surface area contributed by atoms with Crippen LogP contribution in [0.15, 0.2) is 60.0 Å². The van der Waals surface area contributed by atoms with Gasteiger partial charge in [-0.3, -0.25) is 14.5 Å². The van der Waals surface area contributed by atoms with Gasteiger partial charge in [0.25, 0.3) is 5.91 Å². The first-order chi connectivity index (χ1) is 15.0. The molecule has 2 heterocycles. The highest BCUT2D eigenvalue weighted by Crippen LogP contribution is 2.30. The molecule has 2 aromatic carbocycles. The van der Waals surface area contributed by atoms with E-state index in [9.17, 15) is 9.59 Å². The highest BCUT2D eigenvalue weighted by molar-refractivity contribution is 7.13. The van der Waals surface area contributed by atoms with Crippen molar-refractivity contribution in [3.63, 3.8) is 0 Å². The zero-order chi connectivity index (χ0) is 21.8. The van der Waals surface area contributed by atoms with Gasteiger partial charge < -0.3 is 16.4 Å². The maximum Gasteiger partial charge on any atom is 0.255 e. The van der Waals surface area contributed by atoms with Gasteiger partial charge in [-0.2, -0.15) is 0 Å². The van der Waals surface area contributed by atoms with Crippen molar-refractivity contribution in [2.45, 2.75) is 25.9 Å². The lowest BCUT2D eigenvalue weighted by Crippen LogP contribution is -2.35. The molecule has 1 aromatic heterocycles. The Hall–Kier alpha value is -3.16. The molecular weight excluding hydrogens is 408 g/mol. The number of carbonyl (C=O) groups excluding carboxylic acids is 2. The summed E-state index contributed by atoms with van der Waals surface area (Å²) < 4.78 is 0. The molecular formula is C24H26N4O2S. The summed E-state index contributed by atoms with van der Waals surface area (Å²) >= 11 is 1.65. The van der Waals surface area contributed by atoms with Crippen molar-refractivity contribution in [2.24, 2.45) is 0 Å². The number of carbonyl (C=O) groups is 2. The fourth-order valence-electron chi connectivity index (χ4n) is 3.86. The van der Waals surface area contributed by atoms with Crippen LogP contribution in [0.5, 0.6) is 0 Å². The number of likely N-dealkylation sites (tertiary alicyclic amines) is 1. The van der Waals surface area contributed by atoms with Gasteiger partial charge in [-0.05, 0) is 53.3 Å². The molecule has 0 bridgehead atoms. The summed E-state index contributed by atoms with van der Waals surface area (Å²) in [6.45, 7) is 4.15. The van der Waals surface area contributed by atoms with Crippen molar-refractivity contribution in [3.8, 4) is 10.4 Å². The van der Waals surface area contributed by atoms with E-state index in [-0.39, 0.29) is 17.9 Å². The quantitative estimate of drug-likeness (QED) is 0.513. The van der Waals surface area contributed by atoms with Crippen LogP contribution in [0.2, 0.25) is 0 Å². The molecule has 2 amide bonds. The molecule has 160 valence electrons. The molecule has 31 heavy (non-hydrogen) atoms. The second-order valence-electron chi connectivity index (χ2n) is 7.85. The summed E-state index contributed by atoms with van der Waals surface area (Å²) in [7, 11) is 0.